The highest BCUT2D eigenvalue weighted by molar-refractivity contribution is 5.76. The van der Waals surface area contributed by atoms with Gasteiger partial charge in [0.05, 0.1) is 18.3 Å². The fourth-order valence-corrected chi connectivity index (χ4v) is 2.23. The first-order valence-corrected chi connectivity index (χ1v) is 7.17. The van der Waals surface area contributed by atoms with Crippen LogP contribution in [0.25, 0.3) is 5.78 Å². The van der Waals surface area contributed by atoms with Gasteiger partial charge in [-0.1, -0.05) is 6.92 Å². The van der Waals surface area contributed by atoms with Gasteiger partial charge in [-0.3, -0.25) is 13.9 Å². The van der Waals surface area contributed by atoms with Crippen molar-refractivity contribution < 1.29 is 4.79 Å². The molecule has 8 heteroatoms. The van der Waals surface area contributed by atoms with Gasteiger partial charge in [-0.25, -0.2) is 15.0 Å². The van der Waals surface area contributed by atoms with Crippen LogP contribution in [0.5, 0.6) is 0 Å². The van der Waals surface area contributed by atoms with E-state index >= 15 is 0 Å². The maximum atomic E-state index is 12.1. The molecule has 114 valence electrons. The first-order valence-electron chi connectivity index (χ1n) is 7.17. The first kappa shape index (κ1) is 14.2. The van der Waals surface area contributed by atoms with E-state index in [1.54, 1.807) is 17.2 Å². The summed E-state index contributed by atoms with van der Waals surface area (Å²) >= 11 is 0. The van der Waals surface area contributed by atoms with Gasteiger partial charge in [-0.15, -0.1) is 0 Å². The molecule has 0 spiro atoms. The summed E-state index contributed by atoms with van der Waals surface area (Å²) in [5.41, 5.74) is 0.815. The molecule has 0 aliphatic carbocycles. The fraction of sp³-hybridized carbons (Fsp3) is 0.357. The molecule has 1 amide bonds. The molecule has 0 aliphatic heterocycles. The van der Waals surface area contributed by atoms with Gasteiger partial charge < -0.3 is 5.32 Å². The van der Waals surface area contributed by atoms with E-state index in [1.807, 2.05) is 29.8 Å². The average molecular weight is 299 g/mol. The Kier molecular flexibility index (Phi) is 4.08. The lowest BCUT2D eigenvalue weighted by atomic mass is 10.1. The maximum absolute atomic E-state index is 12.1. The van der Waals surface area contributed by atoms with Crippen LogP contribution >= 0.6 is 0 Å². The summed E-state index contributed by atoms with van der Waals surface area (Å²) < 4.78 is 3.48. The third kappa shape index (κ3) is 3.11. The van der Waals surface area contributed by atoms with Crippen LogP contribution < -0.4 is 5.32 Å². The Hall–Kier alpha value is -2.77. The normalized spacial score (nSPS) is 12.4. The molecular weight excluding hydrogens is 282 g/mol. The Morgan fingerprint density at radius 3 is 3.09 bits per heavy atom. The van der Waals surface area contributed by atoms with Crippen LogP contribution in [0.3, 0.4) is 0 Å². The minimum Gasteiger partial charge on any atom is -0.348 e. The summed E-state index contributed by atoms with van der Waals surface area (Å²) in [6, 6.07) is 1.72. The lowest BCUT2D eigenvalue weighted by molar-refractivity contribution is -0.122. The molecule has 0 fully saturated rings. The van der Waals surface area contributed by atoms with Gasteiger partial charge in [0, 0.05) is 25.0 Å². The van der Waals surface area contributed by atoms with Crippen LogP contribution in [0.2, 0.25) is 0 Å². The van der Waals surface area contributed by atoms with E-state index in [0.29, 0.717) is 18.7 Å². The number of fused-ring (bicyclic) bond motifs is 1. The minimum absolute atomic E-state index is 0.0348. The van der Waals surface area contributed by atoms with E-state index in [4.69, 9.17) is 0 Å². The van der Waals surface area contributed by atoms with Gasteiger partial charge >= 0.3 is 0 Å². The topological polar surface area (TPSA) is 90.0 Å². The number of aryl methyl sites for hydroxylation is 1. The zero-order valence-electron chi connectivity index (χ0n) is 12.3. The molecule has 3 aromatic rings. The van der Waals surface area contributed by atoms with Crippen LogP contribution in [0.1, 0.15) is 31.5 Å². The summed E-state index contributed by atoms with van der Waals surface area (Å²) in [7, 11) is 0. The number of amides is 1. The molecule has 3 aromatic heterocycles. The highest BCUT2D eigenvalue weighted by atomic mass is 16.1. The molecule has 0 unspecified atom stereocenters. The second-order valence-corrected chi connectivity index (χ2v) is 4.93. The van der Waals surface area contributed by atoms with Crippen molar-refractivity contribution in [2.75, 3.05) is 0 Å². The van der Waals surface area contributed by atoms with Crippen LogP contribution in [0.4, 0.5) is 0 Å². The predicted octanol–water partition coefficient (Wildman–Crippen LogP) is 0.978. The average Bonchev–Trinajstić information content (AvgIpc) is 3.19. The van der Waals surface area contributed by atoms with Crippen molar-refractivity contribution in [1.82, 2.24) is 34.4 Å². The van der Waals surface area contributed by atoms with Crippen molar-refractivity contribution in [1.29, 1.82) is 0 Å². The summed E-state index contributed by atoms with van der Waals surface area (Å²) in [4.78, 5) is 24.6. The molecule has 3 heterocycles. The van der Waals surface area contributed by atoms with Crippen LogP contribution in [0, 0.1) is 0 Å². The third-order valence-electron chi connectivity index (χ3n) is 3.39. The van der Waals surface area contributed by atoms with Crippen molar-refractivity contribution >= 4 is 11.7 Å². The highest BCUT2D eigenvalue weighted by Crippen LogP contribution is 2.16. The second kappa shape index (κ2) is 6.33. The van der Waals surface area contributed by atoms with Gasteiger partial charge in [0.1, 0.15) is 12.7 Å². The number of rotatable bonds is 6. The van der Waals surface area contributed by atoms with Crippen molar-refractivity contribution in [3.05, 3.63) is 43.0 Å². The minimum atomic E-state index is -0.120. The highest BCUT2D eigenvalue weighted by Gasteiger charge is 2.16. The molecule has 0 radical (unpaired) electrons. The number of carbonyl (C=O) groups is 1. The standard InChI is InChI=1S/C14H17N7O/c1-2-11(12-8-20-6-3-5-16-14(20)19-12)18-13(22)4-7-21-10-15-9-17-21/h3,5-6,8-11H,2,4,7H2,1H3,(H,18,22)/t11-/m0/s1. The van der Waals surface area contributed by atoms with Crippen molar-refractivity contribution in [3.63, 3.8) is 0 Å². The number of aromatic nitrogens is 6. The molecule has 22 heavy (non-hydrogen) atoms. The molecule has 0 aliphatic rings. The number of carbonyl (C=O) groups excluding carboxylic acids is 1. The number of nitrogens with one attached hydrogen (secondary N) is 1. The number of hydrogen-bond acceptors (Lipinski definition) is 5. The van der Waals surface area contributed by atoms with Gasteiger partial charge in [0.2, 0.25) is 11.7 Å². The molecule has 0 bridgehead atoms. The van der Waals surface area contributed by atoms with Gasteiger partial charge in [0.25, 0.3) is 0 Å². The number of nitrogens with zero attached hydrogens (tertiary/aromatic N) is 6. The molecule has 8 nitrogen and oxygen atoms in total. The Labute approximate surface area is 127 Å². The monoisotopic (exact) mass is 299 g/mol. The van der Waals surface area contributed by atoms with Gasteiger partial charge in [-0.05, 0) is 12.5 Å². The third-order valence-corrected chi connectivity index (χ3v) is 3.39. The lowest BCUT2D eigenvalue weighted by Crippen LogP contribution is -2.29. The predicted molar refractivity (Wildman–Crippen MR) is 78.8 cm³/mol. The Bertz CT molecular complexity index is 716. The van der Waals surface area contributed by atoms with E-state index in [1.165, 1.54) is 6.33 Å². The molecular formula is C14H17N7O. The smallest absolute Gasteiger partial charge is 0.233 e. The summed E-state index contributed by atoms with van der Waals surface area (Å²) in [5, 5.41) is 6.98. The molecule has 0 saturated carbocycles. The summed E-state index contributed by atoms with van der Waals surface area (Å²) in [6.07, 6.45) is 9.65. The molecule has 1 atom stereocenters. The fourth-order valence-electron chi connectivity index (χ4n) is 2.23. The Morgan fingerprint density at radius 1 is 1.45 bits per heavy atom. The SMILES string of the molecule is CC[C@H](NC(=O)CCn1cncn1)c1cn2cccnc2n1. The zero-order chi connectivity index (χ0) is 15.4. The maximum Gasteiger partial charge on any atom is 0.233 e. The number of imidazole rings is 1. The largest absolute Gasteiger partial charge is 0.348 e. The van der Waals surface area contributed by atoms with Gasteiger partial charge in [0.15, 0.2) is 0 Å². The number of hydrogen-bond donors (Lipinski definition) is 1. The molecule has 0 aromatic carbocycles. The van der Waals surface area contributed by atoms with E-state index in [0.717, 1.165) is 12.1 Å². The van der Waals surface area contributed by atoms with Gasteiger partial charge in [-0.2, -0.15) is 5.10 Å². The van der Waals surface area contributed by atoms with Crippen LogP contribution in [0.15, 0.2) is 37.3 Å². The van der Waals surface area contributed by atoms with Crippen molar-refractivity contribution in [2.45, 2.75) is 32.4 Å². The van der Waals surface area contributed by atoms with Crippen LogP contribution in [-0.4, -0.2) is 35.0 Å². The van der Waals surface area contributed by atoms with Crippen molar-refractivity contribution in [3.8, 4) is 0 Å². The van der Waals surface area contributed by atoms with Crippen LogP contribution in [-0.2, 0) is 11.3 Å². The van der Waals surface area contributed by atoms with E-state index < -0.39 is 0 Å². The molecule has 1 N–H and O–H groups in total. The quantitative estimate of drug-likeness (QED) is 0.732. The lowest BCUT2D eigenvalue weighted by Gasteiger charge is -2.14. The van der Waals surface area contributed by atoms with E-state index in [-0.39, 0.29) is 11.9 Å². The Balaban J connectivity index is 1.64. The second-order valence-electron chi connectivity index (χ2n) is 4.93. The summed E-state index contributed by atoms with van der Waals surface area (Å²) in [5.74, 6) is 0.597. The summed E-state index contributed by atoms with van der Waals surface area (Å²) in [6.45, 7) is 2.52. The zero-order valence-corrected chi connectivity index (χ0v) is 12.3. The van der Waals surface area contributed by atoms with E-state index in [9.17, 15) is 4.79 Å². The van der Waals surface area contributed by atoms with E-state index in [2.05, 4.69) is 25.4 Å². The Morgan fingerprint density at radius 2 is 2.36 bits per heavy atom. The van der Waals surface area contributed by atoms with Crippen molar-refractivity contribution in [2.24, 2.45) is 0 Å². The molecule has 3 rings (SSSR count). The first-order chi connectivity index (χ1) is 10.8. The molecule has 0 saturated heterocycles.